The molecular formula is C17H20N2O2. The zero-order chi connectivity index (χ0) is 15.5. The second-order valence-corrected chi connectivity index (χ2v) is 5.87. The molecule has 1 N–H and O–H groups in total. The Balaban J connectivity index is 2.12. The van der Waals surface area contributed by atoms with Gasteiger partial charge < -0.3 is 10.1 Å². The summed E-state index contributed by atoms with van der Waals surface area (Å²) in [4.78, 5) is 16.2. The fourth-order valence-electron chi connectivity index (χ4n) is 1.92. The highest BCUT2D eigenvalue weighted by Gasteiger charge is 2.13. The minimum atomic E-state index is -0.181. The van der Waals surface area contributed by atoms with Gasteiger partial charge in [0.25, 0.3) is 5.91 Å². The van der Waals surface area contributed by atoms with Crippen LogP contribution in [0.3, 0.4) is 0 Å². The second-order valence-electron chi connectivity index (χ2n) is 5.87. The van der Waals surface area contributed by atoms with Crippen LogP contribution in [-0.4, -0.2) is 18.0 Å². The average Bonchev–Trinajstić information content (AvgIpc) is 2.47. The number of pyridine rings is 1. The van der Waals surface area contributed by atoms with Gasteiger partial charge >= 0.3 is 0 Å². The molecule has 0 atom stereocenters. The number of amides is 1. The molecule has 4 nitrogen and oxygen atoms in total. The van der Waals surface area contributed by atoms with Crippen molar-refractivity contribution in [1.29, 1.82) is 0 Å². The van der Waals surface area contributed by atoms with E-state index in [9.17, 15) is 4.79 Å². The summed E-state index contributed by atoms with van der Waals surface area (Å²) in [6.07, 6.45) is 1.55. The van der Waals surface area contributed by atoms with Crippen molar-refractivity contribution in [3.63, 3.8) is 0 Å². The molecule has 1 aromatic heterocycles. The number of nitrogens with one attached hydrogen (secondary N) is 1. The molecule has 4 heteroatoms. The summed E-state index contributed by atoms with van der Waals surface area (Å²) in [5.41, 5.74) is 2.61. The molecule has 1 amide bonds. The standard InChI is InChI=1S/C17H20N2O2/c1-17(2,3)13-5-7-14(8-6-13)19-16(20)12-9-10-18-15(11-12)21-4/h5-11H,1-4H3,(H,19,20). The van der Waals surface area contributed by atoms with Crippen molar-refractivity contribution >= 4 is 11.6 Å². The third-order valence-corrected chi connectivity index (χ3v) is 3.21. The molecule has 21 heavy (non-hydrogen) atoms. The highest BCUT2D eigenvalue weighted by atomic mass is 16.5. The van der Waals surface area contributed by atoms with Gasteiger partial charge in [-0.05, 0) is 29.2 Å². The summed E-state index contributed by atoms with van der Waals surface area (Å²) >= 11 is 0. The summed E-state index contributed by atoms with van der Waals surface area (Å²) in [7, 11) is 1.52. The maximum Gasteiger partial charge on any atom is 0.255 e. The van der Waals surface area contributed by atoms with Gasteiger partial charge in [-0.1, -0.05) is 32.9 Å². The Kier molecular flexibility index (Phi) is 4.26. The molecule has 0 saturated carbocycles. The number of nitrogens with zero attached hydrogens (tertiary/aromatic N) is 1. The molecule has 0 fully saturated rings. The van der Waals surface area contributed by atoms with Crippen LogP contribution in [0.5, 0.6) is 5.88 Å². The third kappa shape index (κ3) is 3.81. The number of methoxy groups -OCH3 is 1. The van der Waals surface area contributed by atoms with Crippen LogP contribution >= 0.6 is 0 Å². The maximum absolute atomic E-state index is 12.2. The van der Waals surface area contributed by atoms with Crippen molar-refractivity contribution < 1.29 is 9.53 Å². The van der Waals surface area contributed by atoms with E-state index in [1.807, 2.05) is 24.3 Å². The molecule has 0 aliphatic heterocycles. The number of hydrogen-bond acceptors (Lipinski definition) is 3. The zero-order valence-electron chi connectivity index (χ0n) is 12.8. The fraction of sp³-hybridized carbons (Fsp3) is 0.294. The van der Waals surface area contributed by atoms with Crippen LogP contribution in [0, 0.1) is 0 Å². The van der Waals surface area contributed by atoms with Crippen LogP contribution < -0.4 is 10.1 Å². The fourth-order valence-corrected chi connectivity index (χ4v) is 1.92. The Hall–Kier alpha value is -2.36. The third-order valence-electron chi connectivity index (χ3n) is 3.21. The lowest BCUT2D eigenvalue weighted by Crippen LogP contribution is -2.13. The van der Waals surface area contributed by atoms with Crippen LogP contribution in [0.4, 0.5) is 5.69 Å². The van der Waals surface area contributed by atoms with Crippen molar-refractivity contribution in [2.45, 2.75) is 26.2 Å². The molecule has 2 aromatic rings. The Bertz CT molecular complexity index is 628. The first kappa shape index (κ1) is 15.0. The first-order valence-corrected chi connectivity index (χ1v) is 6.82. The first-order chi connectivity index (χ1) is 9.90. The normalized spacial score (nSPS) is 11.0. The van der Waals surface area contributed by atoms with Gasteiger partial charge in [0.15, 0.2) is 0 Å². The van der Waals surface area contributed by atoms with Crippen LogP contribution in [0.15, 0.2) is 42.6 Å². The smallest absolute Gasteiger partial charge is 0.255 e. The van der Waals surface area contributed by atoms with Crippen LogP contribution in [0.2, 0.25) is 0 Å². The van der Waals surface area contributed by atoms with E-state index in [2.05, 4.69) is 31.1 Å². The van der Waals surface area contributed by atoms with Gasteiger partial charge in [-0.15, -0.1) is 0 Å². The molecule has 0 radical (unpaired) electrons. The Morgan fingerprint density at radius 1 is 1.14 bits per heavy atom. The summed E-state index contributed by atoms with van der Waals surface area (Å²) in [6.45, 7) is 6.47. The lowest BCUT2D eigenvalue weighted by Gasteiger charge is -2.19. The highest BCUT2D eigenvalue weighted by molar-refractivity contribution is 6.04. The Morgan fingerprint density at radius 3 is 2.38 bits per heavy atom. The zero-order valence-corrected chi connectivity index (χ0v) is 12.8. The topological polar surface area (TPSA) is 51.2 Å². The van der Waals surface area contributed by atoms with Crippen LogP contribution in [-0.2, 0) is 5.41 Å². The predicted molar refractivity (Wildman–Crippen MR) is 83.9 cm³/mol. The number of carbonyl (C=O) groups excluding carboxylic acids is 1. The Labute approximate surface area is 125 Å². The monoisotopic (exact) mass is 284 g/mol. The quantitative estimate of drug-likeness (QED) is 0.936. The van der Waals surface area contributed by atoms with Crippen molar-refractivity contribution in [3.8, 4) is 5.88 Å². The number of hydrogen-bond donors (Lipinski definition) is 1. The number of anilines is 1. The van der Waals surface area contributed by atoms with Gasteiger partial charge in [0.2, 0.25) is 5.88 Å². The van der Waals surface area contributed by atoms with Crippen molar-refractivity contribution in [1.82, 2.24) is 4.98 Å². The molecule has 1 heterocycles. The van der Waals surface area contributed by atoms with E-state index in [-0.39, 0.29) is 11.3 Å². The molecule has 110 valence electrons. The van der Waals surface area contributed by atoms with Gasteiger partial charge in [0, 0.05) is 23.5 Å². The van der Waals surface area contributed by atoms with Crippen molar-refractivity contribution in [2.24, 2.45) is 0 Å². The van der Waals surface area contributed by atoms with E-state index in [4.69, 9.17) is 4.74 Å². The Morgan fingerprint density at radius 2 is 1.81 bits per heavy atom. The lowest BCUT2D eigenvalue weighted by molar-refractivity contribution is 0.102. The summed E-state index contributed by atoms with van der Waals surface area (Å²) in [5.74, 6) is 0.241. The van der Waals surface area contributed by atoms with E-state index >= 15 is 0 Å². The van der Waals surface area contributed by atoms with E-state index < -0.39 is 0 Å². The number of ether oxygens (including phenoxy) is 1. The maximum atomic E-state index is 12.2. The van der Waals surface area contributed by atoms with Gasteiger partial charge in [0.05, 0.1) is 7.11 Å². The SMILES string of the molecule is COc1cc(C(=O)Nc2ccc(C(C)(C)C)cc2)ccn1. The molecule has 0 saturated heterocycles. The van der Waals surface area contributed by atoms with E-state index in [0.717, 1.165) is 5.69 Å². The minimum Gasteiger partial charge on any atom is -0.481 e. The number of rotatable bonds is 3. The molecule has 0 bridgehead atoms. The number of benzene rings is 1. The summed E-state index contributed by atoms with van der Waals surface area (Å²) in [6, 6.07) is 11.2. The van der Waals surface area contributed by atoms with E-state index in [1.165, 1.54) is 12.7 Å². The largest absolute Gasteiger partial charge is 0.481 e. The molecule has 1 aromatic carbocycles. The number of aromatic nitrogens is 1. The van der Waals surface area contributed by atoms with Crippen molar-refractivity contribution in [3.05, 3.63) is 53.7 Å². The van der Waals surface area contributed by atoms with Crippen molar-refractivity contribution in [2.75, 3.05) is 12.4 Å². The first-order valence-electron chi connectivity index (χ1n) is 6.82. The van der Waals surface area contributed by atoms with Gasteiger partial charge in [-0.3, -0.25) is 4.79 Å². The predicted octanol–water partition coefficient (Wildman–Crippen LogP) is 3.64. The molecule has 0 spiro atoms. The van der Waals surface area contributed by atoms with E-state index in [1.54, 1.807) is 18.3 Å². The number of carbonyl (C=O) groups is 1. The molecule has 0 aliphatic rings. The van der Waals surface area contributed by atoms with Crippen LogP contribution in [0.1, 0.15) is 36.7 Å². The van der Waals surface area contributed by atoms with Gasteiger partial charge in [-0.25, -0.2) is 4.98 Å². The second kappa shape index (κ2) is 5.95. The molecule has 2 rings (SSSR count). The lowest BCUT2D eigenvalue weighted by atomic mass is 9.87. The van der Waals surface area contributed by atoms with Gasteiger partial charge in [0.1, 0.15) is 0 Å². The minimum absolute atomic E-state index is 0.0982. The van der Waals surface area contributed by atoms with E-state index in [0.29, 0.717) is 11.4 Å². The molecular weight excluding hydrogens is 264 g/mol. The highest BCUT2D eigenvalue weighted by Crippen LogP contribution is 2.23. The summed E-state index contributed by atoms with van der Waals surface area (Å²) < 4.78 is 5.02. The summed E-state index contributed by atoms with van der Waals surface area (Å²) in [5, 5.41) is 2.87. The van der Waals surface area contributed by atoms with Gasteiger partial charge in [-0.2, -0.15) is 0 Å². The molecule has 0 aliphatic carbocycles. The van der Waals surface area contributed by atoms with Crippen LogP contribution in [0.25, 0.3) is 0 Å². The average molecular weight is 284 g/mol. The molecule has 0 unspecified atom stereocenters.